The zero-order valence-corrected chi connectivity index (χ0v) is 32.6. The van der Waals surface area contributed by atoms with Gasteiger partial charge in [-0.3, -0.25) is 0 Å². The molecule has 0 amide bonds. The van der Waals surface area contributed by atoms with Gasteiger partial charge >= 0.3 is 172 Å². The molecular weight excluding hydrogens is 696 g/mol. The summed E-state index contributed by atoms with van der Waals surface area (Å²) >= 11 is -2.31. The second-order valence-electron chi connectivity index (χ2n) is 14.7. The van der Waals surface area contributed by atoms with Crippen molar-refractivity contribution in [2.45, 2.75) is 132 Å². The Morgan fingerprint density at radius 3 is 1.65 bits per heavy atom. The van der Waals surface area contributed by atoms with Gasteiger partial charge in [0, 0.05) is 0 Å². The molecule has 2 aliphatic rings. The summed E-state index contributed by atoms with van der Waals surface area (Å²) in [5.41, 5.74) is 16.8. The third-order valence-electron chi connectivity index (χ3n) is 10.2. The van der Waals surface area contributed by atoms with E-state index in [-0.39, 0.29) is 0 Å². The van der Waals surface area contributed by atoms with Crippen LogP contribution in [0, 0.1) is 6.07 Å². The summed E-state index contributed by atoms with van der Waals surface area (Å²) < 4.78 is 2.92. The summed E-state index contributed by atoms with van der Waals surface area (Å²) in [4.78, 5) is 0. The van der Waals surface area contributed by atoms with Crippen molar-refractivity contribution in [2.75, 3.05) is 5.73 Å². The topological polar surface area (TPSA) is 26.0 Å². The van der Waals surface area contributed by atoms with Crippen molar-refractivity contribution in [3.63, 3.8) is 0 Å². The first-order chi connectivity index (χ1) is 23.1. The number of anilines is 1. The van der Waals surface area contributed by atoms with Crippen molar-refractivity contribution >= 4 is 19.3 Å². The summed E-state index contributed by atoms with van der Waals surface area (Å²) in [6.45, 7) is 13.7. The van der Waals surface area contributed by atoms with Gasteiger partial charge in [0.05, 0.1) is 0 Å². The Morgan fingerprint density at radius 1 is 0.646 bits per heavy atom. The Morgan fingerprint density at radius 2 is 1.17 bits per heavy atom. The molecule has 2 fully saturated rings. The zero-order valence-electron chi connectivity index (χ0n) is 30.3. The minimum atomic E-state index is -2.31. The maximum atomic E-state index is 7.94. The third-order valence-corrected chi connectivity index (χ3v) is 20.8. The number of benzene rings is 4. The molecule has 2 saturated carbocycles. The van der Waals surface area contributed by atoms with E-state index in [1.807, 2.05) is 18.2 Å². The molecule has 0 bridgehead atoms. The summed E-state index contributed by atoms with van der Waals surface area (Å²) in [6, 6.07) is 33.7. The summed E-state index contributed by atoms with van der Waals surface area (Å²) in [7, 11) is 7.94. The molecule has 1 nitrogen and oxygen atoms in total. The normalized spacial score (nSPS) is 16.6. The predicted octanol–water partition coefficient (Wildman–Crippen LogP) is 13.9. The number of hydrogen-bond donors (Lipinski definition) is 1. The van der Waals surface area contributed by atoms with Crippen molar-refractivity contribution in [1.82, 2.24) is 0 Å². The number of rotatable bonds is 8. The number of halogens is 1. The van der Waals surface area contributed by atoms with Crippen molar-refractivity contribution in [1.29, 1.82) is 0 Å². The van der Waals surface area contributed by atoms with E-state index in [0.717, 1.165) is 14.5 Å². The van der Waals surface area contributed by atoms with Crippen LogP contribution < -0.4 is 9.77 Å². The number of nitrogen functional groups attached to an aromatic ring is 1. The van der Waals surface area contributed by atoms with Crippen LogP contribution >= 0.6 is 9.53 Å². The zero-order chi connectivity index (χ0) is 34.3. The fourth-order valence-corrected chi connectivity index (χ4v) is 17.6. The Bertz CT molecular complexity index is 1550. The molecular formula is C45H59ClNPd. The van der Waals surface area contributed by atoms with E-state index in [2.05, 4.69) is 114 Å². The Hall–Kier alpha value is -2.37. The molecule has 3 heteroatoms. The molecule has 0 saturated heterocycles. The molecule has 1 radical (unpaired) electrons. The Labute approximate surface area is 300 Å². The molecule has 261 valence electrons. The minimum absolute atomic E-state index is 0.524. The maximum absolute atomic E-state index is 7.94. The van der Waals surface area contributed by atoms with E-state index in [0.29, 0.717) is 17.8 Å². The molecule has 4 aromatic rings. The van der Waals surface area contributed by atoms with Crippen molar-refractivity contribution in [3.05, 3.63) is 108 Å². The molecule has 4 aromatic carbocycles. The van der Waals surface area contributed by atoms with Crippen LogP contribution in [0.5, 0.6) is 0 Å². The number of hydrogen-bond acceptors (Lipinski definition) is 1. The van der Waals surface area contributed by atoms with E-state index in [1.165, 1.54) is 107 Å². The van der Waals surface area contributed by atoms with E-state index < -0.39 is 14.5 Å². The van der Waals surface area contributed by atoms with Gasteiger partial charge in [0.1, 0.15) is 0 Å². The average Bonchev–Trinajstić information content (AvgIpc) is 3.12. The van der Waals surface area contributed by atoms with Crippen LogP contribution in [0.15, 0.2) is 84.9 Å². The van der Waals surface area contributed by atoms with Crippen LogP contribution in [0.1, 0.15) is 140 Å². The third kappa shape index (κ3) is 8.32. The quantitative estimate of drug-likeness (QED) is 0.141. The molecule has 2 N–H and O–H groups in total. The van der Waals surface area contributed by atoms with Gasteiger partial charge in [0.25, 0.3) is 0 Å². The van der Waals surface area contributed by atoms with Gasteiger partial charge in [0.2, 0.25) is 0 Å². The molecule has 0 unspecified atom stereocenters. The van der Waals surface area contributed by atoms with E-state index in [1.54, 1.807) is 0 Å². The van der Waals surface area contributed by atoms with E-state index in [9.17, 15) is 0 Å². The van der Waals surface area contributed by atoms with Gasteiger partial charge < -0.3 is 0 Å². The summed E-state index contributed by atoms with van der Waals surface area (Å²) in [6.07, 6.45) is 13.5. The fourth-order valence-electron chi connectivity index (χ4n) is 7.53. The van der Waals surface area contributed by atoms with Crippen molar-refractivity contribution in [2.24, 2.45) is 0 Å². The van der Waals surface area contributed by atoms with Crippen LogP contribution in [0.4, 0.5) is 5.69 Å². The standard InChI is InChI=1S/C21H27.C12H10N.2C6H11.ClH.Pd/c1-14(2)18-12-19(15(3)4)21(20(13-18)16(5)6)17-10-8-7-9-11-17;13-12-9-5-4-8-11(12)10-6-2-1-3-7-10;2*1-2-4-6-5-3-1;;/h7-8,10-16H,1-6H3;1-6,8-9H,13H2;2*1H,2-6H2;1H;/q;;;;;+1/p-1. The first-order valence-corrected chi connectivity index (χ1v) is 23.1. The van der Waals surface area contributed by atoms with E-state index >= 15 is 0 Å². The first-order valence-electron chi connectivity index (χ1n) is 18.5. The van der Waals surface area contributed by atoms with Crippen LogP contribution in [-0.4, -0.2) is 0 Å². The Balaban J connectivity index is 0.000000194. The predicted molar refractivity (Wildman–Crippen MR) is 208 cm³/mol. The second kappa shape index (κ2) is 17.0. The van der Waals surface area contributed by atoms with Crippen LogP contribution in [0.25, 0.3) is 22.3 Å². The molecule has 0 heterocycles. The first kappa shape index (κ1) is 36.9. The second-order valence-corrected chi connectivity index (χ2v) is 22.8. The summed E-state index contributed by atoms with van der Waals surface area (Å²) in [5.74, 6) is 1.61. The van der Waals surface area contributed by atoms with Crippen LogP contribution in [-0.2, 0) is 14.5 Å². The molecule has 0 atom stereocenters. The molecule has 2 aliphatic carbocycles. The Kier molecular flexibility index (Phi) is 13.1. The SMILES string of the molecule is CC(C)c1cc(C(C)C)c(-c2c[c]ccc2)c(C(C)C)c1.Nc1ccccc1-c1cccc[c]1[Pd]([Cl])([CH]1CCCCC1)[CH]1CCCCC1. The van der Waals surface area contributed by atoms with Crippen LogP contribution in [0.3, 0.4) is 0 Å². The summed E-state index contributed by atoms with van der Waals surface area (Å²) in [5, 5.41) is 0. The molecule has 6 rings (SSSR count). The molecule has 0 aliphatic heterocycles. The monoisotopic (exact) mass is 754 g/mol. The van der Waals surface area contributed by atoms with Crippen molar-refractivity contribution in [3.8, 4) is 22.3 Å². The molecule has 48 heavy (non-hydrogen) atoms. The van der Waals surface area contributed by atoms with Gasteiger partial charge in [-0.15, -0.1) is 0 Å². The fraction of sp³-hybridized carbons (Fsp3) is 0.467. The number of nitrogens with two attached hydrogens (primary N) is 1. The van der Waals surface area contributed by atoms with Gasteiger partial charge in [-0.2, -0.15) is 0 Å². The molecule has 0 aromatic heterocycles. The van der Waals surface area contributed by atoms with Gasteiger partial charge in [0.15, 0.2) is 0 Å². The van der Waals surface area contributed by atoms with E-state index in [4.69, 9.17) is 15.3 Å². The molecule has 0 spiro atoms. The van der Waals surface area contributed by atoms with Crippen molar-refractivity contribution < 1.29 is 14.5 Å². The van der Waals surface area contributed by atoms with Gasteiger partial charge in [-0.05, 0) is 57.7 Å². The average molecular weight is 756 g/mol. The number of para-hydroxylation sites is 1. The van der Waals surface area contributed by atoms with Gasteiger partial charge in [-0.25, -0.2) is 0 Å². The van der Waals surface area contributed by atoms with Gasteiger partial charge in [-0.1, -0.05) is 71.9 Å². The van der Waals surface area contributed by atoms with Crippen LogP contribution in [0.2, 0.25) is 8.78 Å².